The predicted molar refractivity (Wildman–Crippen MR) is 75.5 cm³/mol. The lowest BCUT2D eigenvalue weighted by atomic mass is 10.2. The van der Waals surface area contributed by atoms with E-state index in [2.05, 4.69) is 5.32 Å². The topological polar surface area (TPSA) is 52.9 Å². The van der Waals surface area contributed by atoms with Gasteiger partial charge in [0.25, 0.3) is 5.91 Å². The summed E-state index contributed by atoms with van der Waals surface area (Å²) in [4.78, 5) is 12.0. The van der Waals surface area contributed by atoms with Crippen molar-refractivity contribution in [3.05, 3.63) is 63.4 Å². The van der Waals surface area contributed by atoms with Gasteiger partial charge in [0.1, 0.15) is 5.82 Å². The minimum absolute atomic E-state index is 0.00657. The van der Waals surface area contributed by atoms with E-state index in [9.17, 15) is 9.18 Å². The molecule has 0 spiro atoms. The first-order valence-corrected chi connectivity index (χ1v) is 6.23. The van der Waals surface area contributed by atoms with Crippen LogP contribution in [0.5, 0.6) is 0 Å². The number of nitrogens with zero attached hydrogens (tertiary/aromatic N) is 1. The van der Waals surface area contributed by atoms with Crippen LogP contribution in [0.15, 0.2) is 36.4 Å². The molecule has 6 heteroatoms. The maximum atomic E-state index is 13.3. The van der Waals surface area contributed by atoms with E-state index >= 15 is 0 Å². The molecule has 100 valence electrons. The van der Waals surface area contributed by atoms with E-state index in [0.29, 0.717) is 11.3 Å². The Labute approximate surface area is 124 Å². The first kappa shape index (κ1) is 14.3. The highest BCUT2D eigenvalue weighted by Gasteiger charge is 2.14. The first-order chi connectivity index (χ1) is 9.52. The van der Waals surface area contributed by atoms with Crippen LogP contribution < -0.4 is 5.32 Å². The summed E-state index contributed by atoms with van der Waals surface area (Å²) in [6.07, 6.45) is 0. The summed E-state index contributed by atoms with van der Waals surface area (Å²) >= 11 is 11.7. The highest BCUT2D eigenvalue weighted by molar-refractivity contribution is 6.36. The molecule has 0 saturated carbocycles. The number of hydrogen-bond donors (Lipinski definition) is 1. The quantitative estimate of drug-likeness (QED) is 0.901. The smallest absolute Gasteiger partial charge is 0.257 e. The van der Waals surface area contributed by atoms with Gasteiger partial charge in [0, 0.05) is 0 Å². The lowest BCUT2D eigenvalue weighted by Crippen LogP contribution is -2.13. The lowest BCUT2D eigenvalue weighted by molar-refractivity contribution is 0.102. The van der Waals surface area contributed by atoms with Crippen LogP contribution in [0, 0.1) is 17.1 Å². The minimum Gasteiger partial charge on any atom is -0.321 e. The summed E-state index contributed by atoms with van der Waals surface area (Å²) in [6, 6.07) is 10.3. The van der Waals surface area contributed by atoms with E-state index in [-0.39, 0.29) is 15.6 Å². The molecule has 0 radical (unpaired) electrons. The fourth-order valence-corrected chi connectivity index (χ4v) is 1.99. The minimum atomic E-state index is -0.676. The number of nitrogens with one attached hydrogen (secondary N) is 1. The molecule has 0 aliphatic heterocycles. The number of carbonyl (C=O) groups excluding carboxylic acids is 1. The Bertz CT molecular complexity index is 726. The highest BCUT2D eigenvalue weighted by atomic mass is 35.5. The molecule has 2 rings (SSSR count). The lowest BCUT2D eigenvalue weighted by Gasteiger charge is -2.08. The number of rotatable bonds is 2. The van der Waals surface area contributed by atoms with E-state index < -0.39 is 11.7 Å². The molecule has 3 nitrogen and oxygen atoms in total. The molecule has 0 fully saturated rings. The van der Waals surface area contributed by atoms with Gasteiger partial charge in [-0.25, -0.2) is 4.39 Å². The van der Waals surface area contributed by atoms with Crippen molar-refractivity contribution in [2.24, 2.45) is 0 Å². The van der Waals surface area contributed by atoms with Crippen molar-refractivity contribution in [3.63, 3.8) is 0 Å². The Morgan fingerprint density at radius 1 is 1.25 bits per heavy atom. The third-order valence-electron chi connectivity index (χ3n) is 2.54. The van der Waals surface area contributed by atoms with Crippen LogP contribution in [0.3, 0.4) is 0 Å². The number of hydrogen-bond acceptors (Lipinski definition) is 2. The largest absolute Gasteiger partial charge is 0.321 e. The number of halogens is 3. The number of carbonyl (C=O) groups is 1. The van der Waals surface area contributed by atoms with Crippen LogP contribution >= 0.6 is 23.2 Å². The molecule has 0 aromatic heterocycles. The van der Waals surface area contributed by atoms with Gasteiger partial charge in [-0.15, -0.1) is 0 Å². The second-order valence-electron chi connectivity index (χ2n) is 3.86. The molecule has 20 heavy (non-hydrogen) atoms. The first-order valence-electron chi connectivity index (χ1n) is 5.48. The fourth-order valence-electron chi connectivity index (χ4n) is 1.55. The summed E-state index contributed by atoms with van der Waals surface area (Å²) < 4.78 is 13.3. The molecule has 0 saturated heterocycles. The number of benzene rings is 2. The average Bonchev–Trinajstić information content (AvgIpc) is 2.44. The molecule has 0 aliphatic rings. The molecular weight excluding hydrogens is 302 g/mol. The van der Waals surface area contributed by atoms with Gasteiger partial charge < -0.3 is 5.32 Å². The van der Waals surface area contributed by atoms with Crippen molar-refractivity contribution < 1.29 is 9.18 Å². The number of amides is 1. The maximum Gasteiger partial charge on any atom is 0.257 e. The van der Waals surface area contributed by atoms with E-state index in [1.54, 1.807) is 0 Å². The van der Waals surface area contributed by atoms with E-state index in [1.165, 1.54) is 30.3 Å². The second kappa shape index (κ2) is 5.91. The van der Waals surface area contributed by atoms with Crippen molar-refractivity contribution in [3.8, 4) is 6.07 Å². The third-order valence-corrected chi connectivity index (χ3v) is 3.24. The highest BCUT2D eigenvalue weighted by Crippen LogP contribution is 2.25. The summed E-state index contributed by atoms with van der Waals surface area (Å²) in [6.45, 7) is 0. The van der Waals surface area contributed by atoms with Crippen LogP contribution in [0.4, 0.5) is 10.1 Å². The molecule has 2 aromatic rings. The molecule has 1 amide bonds. The third kappa shape index (κ3) is 2.90. The Morgan fingerprint density at radius 2 is 2.00 bits per heavy atom. The average molecular weight is 309 g/mol. The van der Waals surface area contributed by atoms with Crippen molar-refractivity contribution >= 4 is 34.8 Å². The SMILES string of the molecule is N#Cc1ccc(NC(=O)c2cccc(F)c2Cl)c(Cl)c1. The maximum absolute atomic E-state index is 13.3. The Kier molecular flexibility index (Phi) is 4.23. The van der Waals surface area contributed by atoms with Crippen molar-refractivity contribution in [1.29, 1.82) is 5.26 Å². The molecule has 0 atom stereocenters. The number of nitriles is 1. The van der Waals surface area contributed by atoms with Gasteiger partial charge in [0.05, 0.1) is 32.9 Å². The van der Waals surface area contributed by atoms with Gasteiger partial charge in [-0.2, -0.15) is 5.26 Å². The molecule has 0 heterocycles. The summed E-state index contributed by atoms with van der Waals surface area (Å²) in [5.74, 6) is -1.26. The molecule has 1 N–H and O–H groups in total. The van der Waals surface area contributed by atoms with Gasteiger partial charge in [-0.1, -0.05) is 29.3 Å². The summed E-state index contributed by atoms with van der Waals surface area (Å²) in [7, 11) is 0. The van der Waals surface area contributed by atoms with Gasteiger partial charge in [-0.3, -0.25) is 4.79 Å². The van der Waals surface area contributed by atoms with Crippen molar-refractivity contribution in [1.82, 2.24) is 0 Å². The summed E-state index contributed by atoms with van der Waals surface area (Å²) in [5, 5.41) is 11.2. The van der Waals surface area contributed by atoms with Gasteiger partial charge in [0.2, 0.25) is 0 Å². The standard InChI is InChI=1S/C14H7Cl2FN2O/c15-10-6-8(7-18)4-5-12(10)19-14(20)9-2-1-3-11(17)13(9)16/h1-6H,(H,19,20). The van der Waals surface area contributed by atoms with E-state index in [1.807, 2.05) is 6.07 Å². The predicted octanol–water partition coefficient (Wildman–Crippen LogP) is 4.26. The Balaban J connectivity index is 2.29. The van der Waals surface area contributed by atoms with Crippen LogP contribution in [-0.4, -0.2) is 5.91 Å². The second-order valence-corrected chi connectivity index (χ2v) is 4.65. The molecule has 0 unspecified atom stereocenters. The van der Waals surface area contributed by atoms with E-state index in [4.69, 9.17) is 28.5 Å². The molecule has 0 bridgehead atoms. The van der Waals surface area contributed by atoms with Crippen molar-refractivity contribution in [2.75, 3.05) is 5.32 Å². The van der Waals surface area contributed by atoms with Gasteiger partial charge >= 0.3 is 0 Å². The zero-order valence-electron chi connectivity index (χ0n) is 9.95. The van der Waals surface area contributed by atoms with Crippen LogP contribution in [-0.2, 0) is 0 Å². The zero-order valence-corrected chi connectivity index (χ0v) is 11.5. The fraction of sp³-hybridized carbons (Fsp3) is 0. The van der Waals surface area contributed by atoms with Crippen LogP contribution in [0.1, 0.15) is 15.9 Å². The Hall–Kier alpha value is -2.09. The van der Waals surface area contributed by atoms with Gasteiger partial charge in [0.15, 0.2) is 0 Å². The summed E-state index contributed by atoms with van der Waals surface area (Å²) in [5.41, 5.74) is 0.694. The monoisotopic (exact) mass is 308 g/mol. The van der Waals surface area contributed by atoms with Crippen LogP contribution in [0.25, 0.3) is 0 Å². The zero-order chi connectivity index (χ0) is 14.7. The van der Waals surface area contributed by atoms with Gasteiger partial charge in [-0.05, 0) is 30.3 Å². The molecule has 0 aliphatic carbocycles. The normalized spacial score (nSPS) is 9.90. The van der Waals surface area contributed by atoms with Crippen molar-refractivity contribution in [2.45, 2.75) is 0 Å². The molecule has 2 aromatic carbocycles. The molecular formula is C14H7Cl2FN2O. The number of anilines is 1. The Morgan fingerprint density at radius 3 is 2.65 bits per heavy atom. The van der Waals surface area contributed by atoms with Crippen LogP contribution in [0.2, 0.25) is 10.0 Å². The van der Waals surface area contributed by atoms with E-state index in [0.717, 1.165) is 6.07 Å².